The molecule has 7 nitrogen and oxygen atoms in total. The molecule has 0 spiro atoms. The van der Waals surface area contributed by atoms with Crippen molar-refractivity contribution in [2.24, 2.45) is 0 Å². The molecule has 1 N–H and O–H groups in total. The highest BCUT2D eigenvalue weighted by molar-refractivity contribution is 5.96. The number of aliphatic hydroxyl groups excluding tert-OH is 1. The summed E-state index contributed by atoms with van der Waals surface area (Å²) in [4.78, 5) is 19.6. The minimum Gasteiger partial charge on any atom is -0.497 e. The monoisotopic (exact) mass is 471 g/mol. The van der Waals surface area contributed by atoms with Crippen molar-refractivity contribution in [3.63, 3.8) is 0 Å². The van der Waals surface area contributed by atoms with Gasteiger partial charge in [-0.3, -0.25) is 4.79 Å². The summed E-state index contributed by atoms with van der Waals surface area (Å²) in [5, 5.41) is 10.8. The maximum absolute atomic E-state index is 12.9. The van der Waals surface area contributed by atoms with Gasteiger partial charge >= 0.3 is 0 Å². The van der Waals surface area contributed by atoms with Crippen molar-refractivity contribution in [2.75, 3.05) is 25.2 Å². The number of carbonyl (C=O) groups excluding carboxylic acids is 1. The van der Waals surface area contributed by atoms with Crippen molar-refractivity contribution in [3.8, 4) is 11.5 Å². The van der Waals surface area contributed by atoms with E-state index < -0.39 is 6.10 Å². The summed E-state index contributed by atoms with van der Waals surface area (Å²) in [6.07, 6.45) is -0.368. The van der Waals surface area contributed by atoms with E-state index >= 15 is 0 Å². The molecule has 2 heterocycles. The second kappa shape index (κ2) is 9.80. The van der Waals surface area contributed by atoms with Crippen LogP contribution in [0.1, 0.15) is 23.7 Å². The number of hydrogen-bond donors (Lipinski definition) is 1. The second-order valence-corrected chi connectivity index (χ2v) is 8.95. The van der Waals surface area contributed by atoms with Gasteiger partial charge in [0.2, 0.25) is 5.91 Å². The Kier molecular flexibility index (Phi) is 6.42. The van der Waals surface area contributed by atoms with Crippen molar-refractivity contribution in [2.45, 2.75) is 31.9 Å². The second-order valence-electron chi connectivity index (χ2n) is 8.95. The van der Waals surface area contributed by atoms with Crippen LogP contribution in [-0.4, -0.2) is 46.9 Å². The molecular weight excluding hydrogens is 442 g/mol. The lowest BCUT2D eigenvalue weighted by molar-refractivity contribution is -0.117. The number of hydrogen-bond acceptors (Lipinski definition) is 5. The van der Waals surface area contributed by atoms with Gasteiger partial charge in [-0.1, -0.05) is 24.3 Å². The molecular formula is C28H29N3O4. The van der Waals surface area contributed by atoms with Gasteiger partial charge in [0.05, 0.1) is 24.7 Å². The third-order valence-corrected chi connectivity index (χ3v) is 6.38. The maximum Gasteiger partial charge on any atom is 0.227 e. The van der Waals surface area contributed by atoms with Gasteiger partial charge in [0.15, 0.2) is 0 Å². The molecule has 5 rings (SSSR count). The fourth-order valence-corrected chi connectivity index (χ4v) is 4.65. The van der Waals surface area contributed by atoms with Crippen LogP contribution >= 0.6 is 0 Å². The van der Waals surface area contributed by atoms with E-state index in [0.29, 0.717) is 19.5 Å². The van der Waals surface area contributed by atoms with E-state index in [1.807, 2.05) is 84.3 Å². The van der Waals surface area contributed by atoms with Crippen LogP contribution < -0.4 is 14.4 Å². The zero-order valence-electron chi connectivity index (χ0n) is 19.9. The Labute approximate surface area is 204 Å². The molecule has 2 atom stereocenters. The van der Waals surface area contributed by atoms with E-state index in [2.05, 4.69) is 0 Å². The van der Waals surface area contributed by atoms with Crippen molar-refractivity contribution < 1.29 is 19.4 Å². The Morgan fingerprint density at radius 3 is 2.63 bits per heavy atom. The number of benzene rings is 3. The van der Waals surface area contributed by atoms with Crippen LogP contribution in [0.3, 0.4) is 0 Å². The van der Waals surface area contributed by atoms with Gasteiger partial charge in [-0.2, -0.15) is 0 Å². The molecule has 7 heteroatoms. The summed E-state index contributed by atoms with van der Waals surface area (Å²) < 4.78 is 13.1. The molecule has 1 aromatic heterocycles. The number of methoxy groups -OCH3 is 1. The number of ether oxygens (including phenoxy) is 2. The van der Waals surface area contributed by atoms with Crippen LogP contribution in [0.5, 0.6) is 11.5 Å². The molecule has 1 fully saturated rings. The summed E-state index contributed by atoms with van der Waals surface area (Å²) in [5.41, 5.74) is 3.73. The SMILES string of the molecule is COc1ccc(N2C[C@H](c3nc4ccccc4n3C[C@H](O)COc3cccc(C)c3)CC2=O)cc1. The highest BCUT2D eigenvalue weighted by Crippen LogP contribution is 2.34. The summed E-state index contributed by atoms with van der Waals surface area (Å²) in [6.45, 7) is 3.03. The average Bonchev–Trinajstić information content (AvgIpc) is 3.43. The van der Waals surface area contributed by atoms with Gasteiger partial charge in [-0.25, -0.2) is 4.98 Å². The molecule has 0 radical (unpaired) electrons. The number of imidazole rings is 1. The van der Waals surface area contributed by atoms with Crippen LogP contribution in [0, 0.1) is 6.92 Å². The first-order chi connectivity index (χ1) is 17.0. The van der Waals surface area contributed by atoms with E-state index in [-0.39, 0.29) is 18.4 Å². The highest BCUT2D eigenvalue weighted by atomic mass is 16.5. The Bertz CT molecular complexity index is 1330. The molecule has 4 aromatic rings. The lowest BCUT2D eigenvalue weighted by atomic mass is 10.1. The van der Waals surface area contributed by atoms with Crippen molar-refractivity contribution in [1.82, 2.24) is 9.55 Å². The van der Waals surface area contributed by atoms with Crippen molar-refractivity contribution in [1.29, 1.82) is 0 Å². The highest BCUT2D eigenvalue weighted by Gasteiger charge is 2.35. The Morgan fingerprint density at radius 1 is 1.06 bits per heavy atom. The minimum atomic E-state index is -0.735. The molecule has 1 aliphatic heterocycles. The molecule has 1 aliphatic rings. The zero-order valence-corrected chi connectivity index (χ0v) is 19.9. The number of nitrogens with zero attached hydrogens (tertiary/aromatic N) is 3. The van der Waals surface area contributed by atoms with Crippen molar-refractivity contribution >= 4 is 22.6 Å². The van der Waals surface area contributed by atoms with E-state index in [1.165, 1.54) is 0 Å². The molecule has 0 bridgehead atoms. The summed E-state index contributed by atoms with van der Waals surface area (Å²) in [7, 11) is 1.62. The number of para-hydroxylation sites is 2. The molecule has 35 heavy (non-hydrogen) atoms. The number of aliphatic hydroxyl groups is 1. The number of aromatic nitrogens is 2. The number of rotatable bonds is 8. The molecule has 0 aliphatic carbocycles. The largest absolute Gasteiger partial charge is 0.497 e. The lowest BCUT2D eigenvalue weighted by Crippen LogP contribution is -2.26. The first-order valence-corrected chi connectivity index (χ1v) is 11.8. The molecule has 180 valence electrons. The Morgan fingerprint density at radius 2 is 1.86 bits per heavy atom. The molecule has 0 unspecified atom stereocenters. The van der Waals surface area contributed by atoms with Crippen LogP contribution in [0.2, 0.25) is 0 Å². The smallest absolute Gasteiger partial charge is 0.227 e. The van der Waals surface area contributed by atoms with Crippen LogP contribution in [0.25, 0.3) is 11.0 Å². The number of amides is 1. The summed E-state index contributed by atoms with van der Waals surface area (Å²) in [5.74, 6) is 2.27. The average molecular weight is 472 g/mol. The van der Waals surface area contributed by atoms with Crippen molar-refractivity contribution in [3.05, 3.63) is 84.2 Å². The molecule has 3 aromatic carbocycles. The fraction of sp³-hybridized carbons (Fsp3) is 0.286. The van der Waals surface area contributed by atoms with Crippen LogP contribution in [0.15, 0.2) is 72.8 Å². The summed E-state index contributed by atoms with van der Waals surface area (Å²) >= 11 is 0. The fourth-order valence-electron chi connectivity index (χ4n) is 4.65. The lowest BCUT2D eigenvalue weighted by Gasteiger charge is -2.19. The number of aryl methyl sites for hydroxylation is 1. The first-order valence-electron chi connectivity index (χ1n) is 11.8. The number of carbonyl (C=O) groups is 1. The van der Waals surface area contributed by atoms with Gasteiger partial charge < -0.3 is 24.0 Å². The quantitative estimate of drug-likeness (QED) is 0.414. The molecule has 1 saturated heterocycles. The van der Waals surface area contributed by atoms with Gasteiger partial charge in [0.1, 0.15) is 30.0 Å². The van der Waals surface area contributed by atoms with Gasteiger partial charge in [0, 0.05) is 24.6 Å². The molecule has 0 saturated carbocycles. The Balaban J connectivity index is 1.37. The van der Waals surface area contributed by atoms with E-state index in [4.69, 9.17) is 14.5 Å². The van der Waals surface area contributed by atoms with Gasteiger partial charge in [0.25, 0.3) is 0 Å². The Hall–Kier alpha value is -3.84. The van der Waals surface area contributed by atoms with Gasteiger partial charge in [-0.15, -0.1) is 0 Å². The summed E-state index contributed by atoms with van der Waals surface area (Å²) in [6, 6.07) is 23.1. The topological polar surface area (TPSA) is 76.8 Å². The van der Waals surface area contributed by atoms with E-state index in [9.17, 15) is 9.90 Å². The predicted octanol–water partition coefficient (Wildman–Crippen LogP) is 4.31. The van der Waals surface area contributed by atoms with E-state index in [0.717, 1.165) is 39.6 Å². The van der Waals surface area contributed by atoms with E-state index in [1.54, 1.807) is 12.0 Å². The third-order valence-electron chi connectivity index (χ3n) is 6.38. The maximum atomic E-state index is 12.9. The third kappa shape index (κ3) is 4.86. The number of fused-ring (bicyclic) bond motifs is 1. The predicted molar refractivity (Wildman–Crippen MR) is 135 cm³/mol. The first kappa shape index (κ1) is 22.9. The standard InChI is InChI=1S/C28H29N3O4/c1-19-6-5-7-24(14-19)35-18-22(32)17-31-26-9-4-3-8-25(26)29-28(31)20-15-27(33)30(16-20)21-10-12-23(34-2)13-11-21/h3-14,20,22,32H,15-18H2,1-2H3/t20-,22+/m1/s1. The van der Waals surface area contributed by atoms with Crippen LogP contribution in [-0.2, 0) is 11.3 Å². The van der Waals surface area contributed by atoms with Crippen LogP contribution in [0.4, 0.5) is 5.69 Å². The zero-order chi connectivity index (χ0) is 24.4. The van der Waals surface area contributed by atoms with Gasteiger partial charge in [-0.05, 0) is 61.0 Å². The molecule has 1 amide bonds. The normalized spacial score (nSPS) is 16.6. The number of anilines is 1. The minimum absolute atomic E-state index is 0.0575.